The fourth-order valence-electron chi connectivity index (χ4n) is 2.17. The summed E-state index contributed by atoms with van der Waals surface area (Å²) in [6, 6.07) is 14.1. The van der Waals surface area contributed by atoms with Gasteiger partial charge in [-0.25, -0.2) is 0 Å². The highest BCUT2D eigenvalue weighted by molar-refractivity contribution is 9.10. The molecule has 0 aliphatic heterocycles. The van der Waals surface area contributed by atoms with Crippen LogP contribution in [0.15, 0.2) is 53.0 Å². The summed E-state index contributed by atoms with van der Waals surface area (Å²) in [5.41, 5.74) is 1.40. The van der Waals surface area contributed by atoms with E-state index in [2.05, 4.69) is 26.1 Å². The number of benzene rings is 2. The summed E-state index contributed by atoms with van der Waals surface area (Å²) in [6.45, 7) is 1.32. The van der Waals surface area contributed by atoms with E-state index in [9.17, 15) is 9.59 Å². The van der Waals surface area contributed by atoms with E-state index in [1.54, 1.807) is 31.3 Å². The highest BCUT2D eigenvalue weighted by Crippen LogP contribution is 2.29. The van der Waals surface area contributed by atoms with Gasteiger partial charge in [-0.3, -0.25) is 14.5 Å². The monoisotopic (exact) mass is 431 g/mol. The number of esters is 1. The topological polar surface area (TPSA) is 72.4 Å². The smallest absolute Gasteiger partial charge is 0.308 e. The fraction of sp³-hybridized carbons (Fsp3) is 0.111. The Balaban J connectivity index is 1.76. The van der Waals surface area contributed by atoms with Crippen LogP contribution in [0.4, 0.5) is 5.13 Å². The lowest BCUT2D eigenvalue weighted by Crippen LogP contribution is -2.26. The number of nitrogens with zero attached hydrogens (tertiary/aromatic N) is 3. The van der Waals surface area contributed by atoms with Gasteiger partial charge in [0.25, 0.3) is 5.91 Å². The van der Waals surface area contributed by atoms with E-state index < -0.39 is 5.97 Å². The van der Waals surface area contributed by atoms with Crippen LogP contribution in [0.1, 0.15) is 17.3 Å². The number of hydrogen-bond acceptors (Lipinski definition) is 6. The Kier molecular flexibility index (Phi) is 5.43. The molecule has 0 saturated carbocycles. The highest BCUT2D eigenvalue weighted by Gasteiger charge is 2.18. The Hall–Kier alpha value is -2.58. The predicted octanol–water partition coefficient (Wildman–Crippen LogP) is 4.17. The van der Waals surface area contributed by atoms with Crippen LogP contribution in [0, 0.1) is 0 Å². The standard InChI is InChI=1S/C18H14BrN3O3S/c1-11(23)25-15-9-5-13(6-10-15)17(24)22(2)18-21-20-16(26-18)12-3-7-14(19)8-4-12/h3-10H,1-2H3. The molecule has 0 bridgehead atoms. The Morgan fingerprint density at radius 2 is 1.69 bits per heavy atom. The number of halogens is 1. The largest absolute Gasteiger partial charge is 0.427 e. The minimum atomic E-state index is -0.407. The van der Waals surface area contributed by atoms with E-state index in [1.807, 2.05) is 24.3 Å². The van der Waals surface area contributed by atoms with Crippen molar-refractivity contribution in [3.63, 3.8) is 0 Å². The lowest BCUT2D eigenvalue weighted by Gasteiger charge is -2.13. The average Bonchev–Trinajstić information content (AvgIpc) is 3.11. The van der Waals surface area contributed by atoms with E-state index in [-0.39, 0.29) is 5.91 Å². The first-order valence-corrected chi connectivity index (χ1v) is 9.21. The molecule has 0 spiro atoms. The number of ether oxygens (including phenoxy) is 1. The molecule has 1 aromatic heterocycles. The van der Waals surface area contributed by atoms with Crippen LogP contribution in [0.25, 0.3) is 10.6 Å². The molecule has 0 unspecified atom stereocenters. The second-order valence-corrected chi connectivity index (χ2v) is 7.25. The first kappa shape index (κ1) is 18.2. The summed E-state index contributed by atoms with van der Waals surface area (Å²) in [5.74, 6) is -0.237. The molecule has 0 aliphatic carbocycles. The molecule has 0 aliphatic rings. The molecule has 0 atom stereocenters. The zero-order chi connectivity index (χ0) is 18.7. The molecule has 0 saturated heterocycles. The van der Waals surface area contributed by atoms with Gasteiger partial charge in [-0.1, -0.05) is 39.4 Å². The maximum atomic E-state index is 12.6. The van der Waals surface area contributed by atoms with Gasteiger partial charge in [0, 0.05) is 29.6 Å². The highest BCUT2D eigenvalue weighted by atomic mass is 79.9. The van der Waals surface area contributed by atoms with E-state index in [0.29, 0.717) is 16.4 Å². The van der Waals surface area contributed by atoms with Gasteiger partial charge in [-0.05, 0) is 36.4 Å². The van der Waals surface area contributed by atoms with Gasteiger partial charge in [-0.15, -0.1) is 10.2 Å². The number of carbonyl (C=O) groups excluding carboxylic acids is 2. The molecule has 0 radical (unpaired) electrons. The van der Waals surface area contributed by atoms with Gasteiger partial charge in [0.1, 0.15) is 10.8 Å². The number of anilines is 1. The number of aromatic nitrogens is 2. The zero-order valence-corrected chi connectivity index (χ0v) is 16.4. The third kappa shape index (κ3) is 4.14. The van der Waals surface area contributed by atoms with Crippen molar-refractivity contribution >= 4 is 44.3 Å². The lowest BCUT2D eigenvalue weighted by molar-refractivity contribution is -0.131. The number of amides is 1. The molecule has 0 N–H and O–H groups in total. The normalized spacial score (nSPS) is 10.4. The molecule has 3 rings (SSSR count). The van der Waals surface area contributed by atoms with Crippen LogP contribution < -0.4 is 9.64 Å². The Morgan fingerprint density at radius 1 is 1.04 bits per heavy atom. The van der Waals surface area contributed by atoms with E-state index in [0.717, 1.165) is 15.0 Å². The molecule has 8 heteroatoms. The maximum Gasteiger partial charge on any atom is 0.308 e. The Bertz CT molecular complexity index is 939. The van der Waals surface area contributed by atoms with Gasteiger partial charge in [-0.2, -0.15) is 0 Å². The van der Waals surface area contributed by atoms with Crippen molar-refractivity contribution in [2.24, 2.45) is 0 Å². The summed E-state index contributed by atoms with van der Waals surface area (Å²) in [6.07, 6.45) is 0. The number of carbonyl (C=O) groups is 2. The van der Waals surface area contributed by atoms with Gasteiger partial charge >= 0.3 is 5.97 Å². The van der Waals surface area contributed by atoms with Gasteiger partial charge in [0.15, 0.2) is 0 Å². The van der Waals surface area contributed by atoms with Gasteiger partial charge in [0.05, 0.1) is 0 Å². The average molecular weight is 432 g/mol. The molecule has 1 heterocycles. The summed E-state index contributed by atoms with van der Waals surface area (Å²) < 4.78 is 5.95. The predicted molar refractivity (Wildman–Crippen MR) is 104 cm³/mol. The van der Waals surface area contributed by atoms with Crippen molar-refractivity contribution in [1.29, 1.82) is 0 Å². The van der Waals surface area contributed by atoms with Crippen LogP contribution in [-0.4, -0.2) is 29.1 Å². The van der Waals surface area contributed by atoms with Gasteiger partial charge < -0.3 is 4.74 Å². The second kappa shape index (κ2) is 7.76. The third-order valence-corrected chi connectivity index (χ3v) is 5.04. The summed E-state index contributed by atoms with van der Waals surface area (Å²) in [5, 5.41) is 9.50. The van der Waals surface area contributed by atoms with Crippen LogP contribution in [0.2, 0.25) is 0 Å². The first-order valence-electron chi connectivity index (χ1n) is 7.60. The van der Waals surface area contributed by atoms with Crippen molar-refractivity contribution in [1.82, 2.24) is 10.2 Å². The van der Waals surface area contributed by atoms with Crippen molar-refractivity contribution in [3.05, 3.63) is 58.6 Å². The minimum absolute atomic E-state index is 0.224. The fourth-order valence-corrected chi connectivity index (χ4v) is 3.25. The number of hydrogen-bond donors (Lipinski definition) is 0. The maximum absolute atomic E-state index is 12.6. The van der Waals surface area contributed by atoms with Crippen LogP contribution in [0.3, 0.4) is 0 Å². The molecule has 6 nitrogen and oxygen atoms in total. The second-order valence-electron chi connectivity index (χ2n) is 5.38. The Labute approximate surface area is 162 Å². The van der Waals surface area contributed by atoms with Crippen molar-refractivity contribution in [3.8, 4) is 16.3 Å². The molecule has 3 aromatic rings. The molecular formula is C18H14BrN3O3S. The zero-order valence-electron chi connectivity index (χ0n) is 14.0. The van der Waals surface area contributed by atoms with Crippen molar-refractivity contribution in [2.45, 2.75) is 6.92 Å². The third-order valence-electron chi connectivity index (χ3n) is 3.46. The molecule has 0 fully saturated rings. The SMILES string of the molecule is CC(=O)Oc1ccc(C(=O)N(C)c2nnc(-c3ccc(Br)cc3)s2)cc1. The molecular weight excluding hydrogens is 418 g/mol. The van der Waals surface area contributed by atoms with Crippen molar-refractivity contribution in [2.75, 3.05) is 11.9 Å². The van der Waals surface area contributed by atoms with Crippen LogP contribution in [0.5, 0.6) is 5.75 Å². The first-order chi connectivity index (χ1) is 12.4. The van der Waals surface area contributed by atoms with Crippen LogP contribution in [-0.2, 0) is 4.79 Å². The molecule has 2 aromatic carbocycles. The Morgan fingerprint density at radius 3 is 2.31 bits per heavy atom. The summed E-state index contributed by atoms with van der Waals surface area (Å²) in [7, 11) is 1.65. The number of rotatable bonds is 4. The van der Waals surface area contributed by atoms with Crippen molar-refractivity contribution < 1.29 is 14.3 Å². The van der Waals surface area contributed by atoms with Crippen LogP contribution >= 0.6 is 27.3 Å². The molecule has 132 valence electrons. The van der Waals surface area contributed by atoms with Gasteiger partial charge in [0.2, 0.25) is 5.13 Å². The summed E-state index contributed by atoms with van der Waals surface area (Å²) >= 11 is 4.73. The molecule has 1 amide bonds. The quantitative estimate of drug-likeness (QED) is 0.457. The van der Waals surface area contributed by atoms with E-state index in [1.165, 1.54) is 23.2 Å². The molecule has 26 heavy (non-hydrogen) atoms. The van der Waals surface area contributed by atoms with E-state index >= 15 is 0 Å². The van der Waals surface area contributed by atoms with E-state index in [4.69, 9.17) is 4.74 Å². The minimum Gasteiger partial charge on any atom is -0.427 e. The lowest BCUT2D eigenvalue weighted by atomic mass is 10.2. The summed E-state index contributed by atoms with van der Waals surface area (Å²) in [4.78, 5) is 25.0.